The topological polar surface area (TPSA) is 82.8 Å². The molecular weight excluding hydrogens is 433 g/mol. The van der Waals surface area contributed by atoms with Crippen molar-refractivity contribution in [2.45, 2.75) is 39.4 Å². The van der Waals surface area contributed by atoms with Crippen LogP contribution in [0.1, 0.15) is 26.3 Å². The van der Waals surface area contributed by atoms with E-state index >= 15 is 0 Å². The molecule has 0 spiro atoms. The number of nitrogens with zero attached hydrogens (tertiary/aromatic N) is 3. The summed E-state index contributed by atoms with van der Waals surface area (Å²) in [6, 6.07) is 7.54. The summed E-state index contributed by atoms with van der Waals surface area (Å²) in [5, 5.41) is 17.6. The summed E-state index contributed by atoms with van der Waals surface area (Å²) >= 11 is 0. The third kappa shape index (κ3) is 6.10. The van der Waals surface area contributed by atoms with E-state index in [2.05, 4.69) is 41.3 Å². The minimum Gasteiger partial charge on any atom is -0.352 e. The highest BCUT2D eigenvalue weighted by Gasteiger charge is 2.31. The number of hydrogen-bond donors (Lipinski definition) is 2. The zero-order valence-corrected chi connectivity index (χ0v) is 17.6. The molecule has 2 rings (SSSR count). The lowest BCUT2D eigenvalue weighted by atomic mass is 10.1. The molecular formula is C17H28IN5O2. The van der Waals surface area contributed by atoms with Gasteiger partial charge >= 0.3 is 0 Å². The Balaban J connectivity index is 0.00000312. The second-order valence-corrected chi connectivity index (χ2v) is 6.63. The smallest absolute Gasteiger partial charge is 0.269 e. The molecule has 7 nitrogen and oxygen atoms in total. The second kappa shape index (κ2) is 9.91. The SMILES string of the molecule is CN=C(NCc1cccc([N+](=O)[O-])c1)NC1CN(C(C)C)CC1C.I. The van der Waals surface area contributed by atoms with E-state index in [1.54, 1.807) is 19.2 Å². The van der Waals surface area contributed by atoms with Gasteiger partial charge in [0.05, 0.1) is 4.92 Å². The lowest BCUT2D eigenvalue weighted by molar-refractivity contribution is -0.384. The fourth-order valence-corrected chi connectivity index (χ4v) is 2.95. The van der Waals surface area contributed by atoms with Gasteiger partial charge in [-0.2, -0.15) is 0 Å². The molecule has 140 valence electrons. The Hall–Kier alpha value is -1.42. The third-order valence-electron chi connectivity index (χ3n) is 4.50. The predicted octanol–water partition coefficient (Wildman–Crippen LogP) is 2.61. The van der Waals surface area contributed by atoms with Crippen LogP contribution in [0.3, 0.4) is 0 Å². The monoisotopic (exact) mass is 461 g/mol. The average molecular weight is 461 g/mol. The number of guanidine groups is 1. The van der Waals surface area contributed by atoms with Crippen LogP contribution in [0.15, 0.2) is 29.3 Å². The molecule has 25 heavy (non-hydrogen) atoms. The third-order valence-corrected chi connectivity index (χ3v) is 4.50. The van der Waals surface area contributed by atoms with E-state index in [-0.39, 0.29) is 34.6 Å². The molecule has 2 N–H and O–H groups in total. The number of benzene rings is 1. The Bertz CT molecular complexity index is 608. The van der Waals surface area contributed by atoms with Crippen LogP contribution in [0.2, 0.25) is 0 Å². The van der Waals surface area contributed by atoms with Gasteiger partial charge in [-0.05, 0) is 25.3 Å². The standard InChI is InChI=1S/C17H27N5O2.HI/c1-12(2)21-10-13(3)16(11-21)20-17(18-4)19-9-14-6-5-7-15(8-14)22(23)24;/h5-8,12-13,16H,9-11H2,1-4H3,(H2,18,19,20);1H. The number of rotatable bonds is 5. The van der Waals surface area contributed by atoms with Crippen molar-refractivity contribution in [1.82, 2.24) is 15.5 Å². The second-order valence-electron chi connectivity index (χ2n) is 6.63. The number of non-ortho nitro benzene ring substituents is 1. The Morgan fingerprint density at radius 3 is 2.72 bits per heavy atom. The maximum absolute atomic E-state index is 10.8. The van der Waals surface area contributed by atoms with Crippen molar-refractivity contribution in [3.8, 4) is 0 Å². The number of hydrogen-bond acceptors (Lipinski definition) is 4. The molecule has 1 aromatic rings. The molecule has 1 aliphatic heterocycles. The van der Waals surface area contributed by atoms with E-state index in [4.69, 9.17) is 0 Å². The maximum atomic E-state index is 10.8. The highest BCUT2D eigenvalue weighted by Crippen LogP contribution is 2.18. The van der Waals surface area contributed by atoms with Gasteiger partial charge in [-0.25, -0.2) is 0 Å². The first-order chi connectivity index (χ1) is 11.4. The molecule has 1 fully saturated rings. The number of halogens is 1. The van der Waals surface area contributed by atoms with Gasteiger partial charge in [0, 0.05) is 50.9 Å². The molecule has 0 amide bonds. The normalized spacial score (nSPS) is 21.1. The molecule has 1 heterocycles. The number of nitrogens with one attached hydrogen (secondary N) is 2. The first-order valence-corrected chi connectivity index (χ1v) is 8.35. The van der Waals surface area contributed by atoms with Crippen LogP contribution in [0.25, 0.3) is 0 Å². The van der Waals surface area contributed by atoms with Gasteiger partial charge in [0.25, 0.3) is 5.69 Å². The van der Waals surface area contributed by atoms with Crippen LogP contribution in [0, 0.1) is 16.0 Å². The number of nitro groups is 1. The Morgan fingerprint density at radius 1 is 1.44 bits per heavy atom. The summed E-state index contributed by atoms with van der Waals surface area (Å²) in [5.74, 6) is 1.27. The molecule has 0 aromatic heterocycles. The molecule has 1 aliphatic rings. The molecule has 1 saturated heterocycles. The van der Waals surface area contributed by atoms with Gasteiger partial charge < -0.3 is 10.6 Å². The highest BCUT2D eigenvalue weighted by molar-refractivity contribution is 14.0. The van der Waals surface area contributed by atoms with Gasteiger partial charge in [0.1, 0.15) is 0 Å². The summed E-state index contributed by atoms with van der Waals surface area (Å²) in [4.78, 5) is 17.2. The molecule has 0 radical (unpaired) electrons. The zero-order chi connectivity index (χ0) is 17.7. The van der Waals surface area contributed by atoms with Gasteiger partial charge in [0.2, 0.25) is 0 Å². The van der Waals surface area contributed by atoms with Crippen molar-refractivity contribution in [1.29, 1.82) is 0 Å². The minimum absolute atomic E-state index is 0. The quantitative estimate of drug-likeness (QED) is 0.232. The van der Waals surface area contributed by atoms with Crippen LogP contribution in [0.4, 0.5) is 5.69 Å². The summed E-state index contributed by atoms with van der Waals surface area (Å²) in [6.07, 6.45) is 0. The van der Waals surface area contributed by atoms with E-state index in [0.717, 1.165) is 24.6 Å². The van der Waals surface area contributed by atoms with E-state index < -0.39 is 0 Å². The number of aliphatic imine (C=N–C) groups is 1. The zero-order valence-electron chi connectivity index (χ0n) is 15.2. The first-order valence-electron chi connectivity index (χ1n) is 8.35. The van der Waals surface area contributed by atoms with Gasteiger partial charge in [-0.1, -0.05) is 19.1 Å². The number of nitro benzene ring substituents is 1. The molecule has 0 bridgehead atoms. The molecule has 0 aliphatic carbocycles. The highest BCUT2D eigenvalue weighted by atomic mass is 127. The summed E-state index contributed by atoms with van der Waals surface area (Å²) in [7, 11) is 1.74. The van der Waals surface area contributed by atoms with Crippen molar-refractivity contribution < 1.29 is 4.92 Å². The fraction of sp³-hybridized carbons (Fsp3) is 0.588. The lowest BCUT2D eigenvalue weighted by Crippen LogP contribution is -2.46. The van der Waals surface area contributed by atoms with Crippen molar-refractivity contribution in [3.05, 3.63) is 39.9 Å². The summed E-state index contributed by atoms with van der Waals surface area (Å²) in [6.45, 7) is 9.24. The summed E-state index contributed by atoms with van der Waals surface area (Å²) in [5.41, 5.74) is 0.963. The average Bonchev–Trinajstić information content (AvgIpc) is 2.92. The Kier molecular flexibility index (Phi) is 8.57. The van der Waals surface area contributed by atoms with E-state index in [1.165, 1.54) is 6.07 Å². The largest absolute Gasteiger partial charge is 0.352 e. The van der Waals surface area contributed by atoms with Crippen molar-refractivity contribution in [2.75, 3.05) is 20.1 Å². The van der Waals surface area contributed by atoms with Crippen LogP contribution in [-0.2, 0) is 6.54 Å². The van der Waals surface area contributed by atoms with Crippen LogP contribution in [-0.4, -0.2) is 48.0 Å². The first kappa shape index (κ1) is 21.6. The van der Waals surface area contributed by atoms with Crippen molar-refractivity contribution in [2.24, 2.45) is 10.9 Å². The molecule has 1 aromatic carbocycles. The van der Waals surface area contributed by atoms with Crippen LogP contribution >= 0.6 is 24.0 Å². The van der Waals surface area contributed by atoms with Crippen LogP contribution < -0.4 is 10.6 Å². The fourth-order valence-electron chi connectivity index (χ4n) is 2.95. The molecule has 2 atom stereocenters. The minimum atomic E-state index is -0.378. The van der Waals surface area contributed by atoms with Crippen molar-refractivity contribution >= 4 is 35.6 Å². The van der Waals surface area contributed by atoms with E-state index in [1.807, 2.05) is 6.07 Å². The predicted molar refractivity (Wildman–Crippen MR) is 112 cm³/mol. The Morgan fingerprint density at radius 2 is 2.16 bits per heavy atom. The van der Waals surface area contributed by atoms with E-state index in [9.17, 15) is 10.1 Å². The van der Waals surface area contributed by atoms with E-state index in [0.29, 0.717) is 24.5 Å². The van der Waals surface area contributed by atoms with Gasteiger partial charge in [-0.15, -0.1) is 24.0 Å². The Labute approximate surface area is 166 Å². The number of likely N-dealkylation sites (tertiary alicyclic amines) is 1. The van der Waals surface area contributed by atoms with Gasteiger partial charge in [-0.3, -0.25) is 20.0 Å². The van der Waals surface area contributed by atoms with Crippen molar-refractivity contribution in [3.63, 3.8) is 0 Å². The van der Waals surface area contributed by atoms with Crippen LogP contribution in [0.5, 0.6) is 0 Å². The molecule has 8 heteroatoms. The molecule has 0 saturated carbocycles. The lowest BCUT2D eigenvalue weighted by Gasteiger charge is -2.22. The molecule has 2 unspecified atom stereocenters. The maximum Gasteiger partial charge on any atom is 0.269 e. The summed E-state index contributed by atoms with van der Waals surface area (Å²) < 4.78 is 0. The van der Waals surface area contributed by atoms with Gasteiger partial charge in [0.15, 0.2) is 5.96 Å².